The molecule has 1 amide bonds. The van der Waals surface area contributed by atoms with Crippen LogP contribution in [0.1, 0.15) is 36.0 Å². The minimum atomic E-state index is 0.137. The summed E-state index contributed by atoms with van der Waals surface area (Å²) in [6, 6.07) is 12.2. The summed E-state index contributed by atoms with van der Waals surface area (Å²) < 4.78 is 5.98. The van der Waals surface area contributed by atoms with Crippen LogP contribution in [0.15, 0.2) is 36.4 Å². The van der Waals surface area contributed by atoms with Gasteiger partial charge >= 0.3 is 0 Å². The molecule has 0 unspecified atom stereocenters. The smallest absolute Gasteiger partial charge is 0.253 e. The average molecular weight is 396 g/mol. The van der Waals surface area contributed by atoms with Crippen LogP contribution in [0.3, 0.4) is 0 Å². The molecule has 2 aromatic carbocycles. The molecule has 0 aliphatic carbocycles. The van der Waals surface area contributed by atoms with Crippen LogP contribution in [0.5, 0.6) is 5.75 Å². The molecule has 4 rings (SSSR count). The number of fused-ring (bicyclic) bond motifs is 1. The molecule has 2 fully saturated rings. The summed E-state index contributed by atoms with van der Waals surface area (Å²) in [6.45, 7) is 7.86. The number of benzene rings is 2. The van der Waals surface area contributed by atoms with Gasteiger partial charge in [-0.1, -0.05) is 18.6 Å². The SMILES string of the molecule is CN1CCN(C(=O)c2ccc3cc(OCCCN4CCCCC4)ccc3c2)CC1. The minimum absolute atomic E-state index is 0.137. The Balaban J connectivity index is 1.32. The second kappa shape index (κ2) is 9.59. The Hall–Kier alpha value is -2.11. The second-order valence-corrected chi connectivity index (χ2v) is 8.42. The predicted molar refractivity (Wildman–Crippen MR) is 118 cm³/mol. The van der Waals surface area contributed by atoms with Crippen molar-refractivity contribution in [3.05, 3.63) is 42.0 Å². The molecule has 0 spiro atoms. The van der Waals surface area contributed by atoms with Crippen LogP contribution < -0.4 is 4.74 Å². The lowest BCUT2D eigenvalue weighted by molar-refractivity contribution is 0.0664. The van der Waals surface area contributed by atoms with Crippen molar-refractivity contribution in [2.45, 2.75) is 25.7 Å². The zero-order valence-electron chi connectivity index (χ0n) is 17.6. The zero-order valence-corrected chi connectivity index (χ0v) is 17.6. The van der Waals surface area contributed by atoms with Crippen LogP contribution in [0, 0.1) is 0 Å². The third-order valence-corrected chi connectivity index (χ3v) is 6.19. The molecule has 2 aliphatic heterocycles. The van der Waals surface area contributed by atoms with E-state index in [-0.39, 0.29) is 5.91 Å². The lowest BCUT2D eigenvalue weighted by atomic mass is 10.1. The third-order valence-electron chi connectivity index (χ3n) is 6.19. The molecule has 156 valence electrons. The lowest BCUT2D eigenvalue weighted by Crippen LogP contribution is -2.47. The summed E-state index contributed by atoms with van der Waals surface area (Å²) in [5, 5.41) is 2.21. The van der Waals surface area contributed by atoms with E-state index in [0.29, 0.717) is 0 Å². The van der Waals surface area contributed by atoms with Gasteiger partial charge in [0.05, 0.1) is 6.61 Å². The molecule has 2 aliphatic rings. The Morgan fingerprint density at radius 3 is 2.41 bits per heavy atom. The number of nitrogens with zero attached hydrogens (tertiary/aromatic N) is 3. The van der Waals surface area contributed by atoms with Gasteiger partial charge in [0.15, 0.2) is 0 Å². The number of carbonyl (C=O) groups excluding carboxylic acids is 1. The van der Waals surface area contributed by atoms with Gasteiger partial charge in [-0.2, -0.15) is 0 Å². The van der Waals surface area contributed by atoms with Crippen molar-refractivity contribution in [3.8, 4) is 5.75 Å². The highest BCUT2D eigenvalue weighted by atomic mass is 16.5. The number of amides is 1. The average Bonchev–Trinajstić information content (AvgIpc) is 2.77. The number of piperidine rings is 1. The molecule has 0 atom stereocenters. The number of hydrogen-bond donors (Lipinski definition) is 0. The summed E-state index contributed by atoms with van der Waals surface area (Å²) in [5.41, 5.74) is 0.775. The highest BCUT2D eigenvalue weighted by molar-refractivity contribution is 5.98. The van der Waals surface area contributed by atoms with Crippen LogP contribution >= 0.6 is 0 Å². The fourth-order valence-electron chi connectivity index (χ4n) is 4.30. The topological polar surface area (TPSA) is 36.0 Å². The van der Waals surface area contributed by atoms with Crippen LogP contribution in [-0.4, -0.2) is 80.1 Å². The van der Waals surface area contributed by atoms with Gasteiger partial charge in [-0.3, -0.25) is 4.79 Å². The van der Waals surface area contributed by atoms with Gasteiger partial charge in [0, 0.05) is 38.3 Å². The van der Waals surface area contributed by atoms with Crippen LogP contribution in [0.25, 0.3) is 10.8 Å². The normalized spacial score (nSPS) is 18.9. The molecular formula is C24H33N3O2. The van der Waals surface area contributed by atoms with Crippen molar-refractivity contribution in [2.24, 2.45) is 0 Å². The number of likely N-dealkylation sites (N-methyl/N-ethyl adjacent to an activating group) is 1. The van der Waals surface area contributed by atoms with E-state index < -0.39 is 0 Å². The maximum Gasteiger partial charge on any atom is 0.253 e. The van der Waals surface area contributed by atoms with Crippen molar-refractivity contribution < 1.29 is 9.53 Å². The van der Waals surface area contributed by atoms with Gasteiger partial charge in [-0.25, -0.2) is 0 Å². The van der Waals surface area contributed by atoms with E-state index in [4.69, 9.17) is 4.74 Å². The molecule has 0 aromatic heterocycles. The van der Waals surface area contributed by atoms with Crippen LogP contribution in [-0.2, 0) is 0 Å². The van der Waals surface area contributed by atoms with Gasteiger partial charge < -0.3 is 19.4 Å². The van der Waals surface area contributed by atoms with E-state index in [1.54, 1.807) is 0 Å². The van der Waals surface area contributed by atoms with E-state index in [9.17, 15) is 4.79 Å². The van der Waals surface area contributed by atoms with Crippen molar-refractivity contribution in [1.82, 2.24) is 14.7 Å². The summed E-state index contributed by atoms with van der Waals surface area (Å²) >= 11 is 0. The number of carbonyl (C=O) groups is 1. The summed E-state index contributed by atoms with van der Waals surface area (Å²) in [4.78, 5) is 19.6. The second-order valence-electron chi connectivity index (χ2n) is 8.42. The molecular weight excluding hydrogens is 362 g/mol. The highest BCUT2D eigenvalue weighted by Gasteiger charge is 2.20. The predicted octanol–water partition coefficient (Wildman–Crippen LogP) is 3.48. The molecule has 2 aromatic rings. The first-order chi connectivity index (χ1) is 14.2. The molecule has 5 heteroatoms. The van der Waals surface area contributed by atoms with E-state index in [1.807, 2.05) is 29.2 Å². The number of hydrogen-bond acceptors (Lipinski definition) is 4. The first kappa shape index (κ1) is 20.2. The summed E-state index contributed by atoms with van der Waals surface area (Å²) in [6.07, 6.45) is 5.12. The van der Waals surface area contributed by atoms with Gasteiger partial charge in [0.25, 0.3) is 5.91 Å². The first-order valence-corrected chi connectivity index (χ1v) is 11.1. The molecule has 0 bridgehead atoms. The Morgan fingerprint density at radius 2 is 1.62 bits per heavy atom. The first-order valence-electron chi connectivity index (χ1n) is 11.1. The lowest BCUT2D eigenvalue weighted by Gasteiger charge is -2.32. The Labute approximate surface area is 174 Å². The largest absolute Gasteiger partial charge is 0.494 e. The molecule has 2 heterocycles. The number of rotatable bonds is 6. The standard InChI is InChI=1S/C24H33N3O2/c1-25-13-15-27(16-14-25)24(28)22-7-6-21-19-23(9-8-20(21)18-22)29-17-5-12-26-10-3-2-4-11-26/h6-9,18-19H,2-5,10-17H2,1H3. The fourth-order valence-corrected chi connectivity index (χ4v) is 4.30. The number of ether oxygens (including phenoxy) is 1. The number of piperazine rings is 1. The molecule has 0 N–H and O–H groups in total. The van der Waals surface area contributed by atoms with Crippen molar-refractivity contribution >= 4 is 16.7 Å². The monoisotopic (exact) mass is 395 g/mol. The Bertz CT molecular complexity index is 824. The Kier molecular flexibility index (Phi) is 6.67. The molecule has 29 heavy (non-hydrogen) atoms. The van der Waals surface area contributed by atoms with Gasteiger partial charge in [-0.15, -0.1) is 0 Å². The van der Waals surface area contributed by atoms with Crippen LogP contribution in [0.4, 0.5) is 0 Å². The third kappa shape index (κ3) is 5.28. The van der Waals surface area contributed by atoms with Gasteiger partial charge in [0.1, 0.15) is 5.75 Å². The zero-order chi connectivity index (χ0) is 20.1. The summed E-state index contributed by atoms with van der Waals surface area (Å²) in [5.74, 6) is 1.05. The van der Waals surface area contributed by atoms with Crippen molar-refractivity contribution in [2.75, 3.05) is 59.5 Å². The fraction of sp³-hybridized carbons (Fsp3) is 0.542. The maximum absolute atomic E-state index is 12.8. The molecule has 5 nitrogen and oxygen atoms in total. The number of likely N-dealkylation sites (tertiary alicyclic amines) is 1. The Morgan fingerprint density at radius 1 is 0.897 bits per heavy atom. The quantitative estimate of drug-likeness (QED) is 0.702. The van der Waals surface area contributed by atoms with Crippen molar-refractivity contribution in [1.29, 1.82) is 0 Å². The van der Waals surface area contributed by atoms with Gasteiger partial charge in [-0.05, 0) is 74.4 Å². The highest BCUT2D eigenvalue weighted by Crippen LogP contribution is 2.23. The maximum atomic E-state index is 12.8. The van der Waals surface area contributed by atoms with E-state index >= 15 is 0 Å². The summed E-state index contributed by atoms with van der Waals surface area (Å²) in [7, 11) is 2.10. The van der Waals surface area contributed by atoms with Crippen LogP contribution in [0.2, 0.25) is 0 Å². The van der Waals surface area contributed by atoms with E-state index in [2.05, 4.69) is 29.0 Å². The molecule has 0 saturated carbocycles. The molecule has 2 saturated heterocycles. The van der Waals surface area contributed by atoms with Crippen molar-refractivity contribution in [3.63, 3.8) is 0 Å². The van der Waals surface area contributed by atoms with E-state index in [0.717, 1.165) is 67.8 Å². The minimum Gasteiger partial charge on any atom is -0.494 e. The van der Waals surface area contributed by atoms with E-state index in [1.165, 1.54) is 32.4 Å². The van der Waals surface area contributed by atoms with Gasteiger partial charge in [0.2, 0.25) is 0 Å². The molecule has 0 radical (unpaired) electrons.